The molecule has 0 atom stereocenters. The second-order valence-electron chi connectivity index (χ2n) is 18.0. The molecule has 2 nitrogen and oxygen atoms in total. The van der Waals surface area contributed by atoms with Gasteiger partial charge in [0.2, 0.25) is 0 Å². The molecule has 0 unspecified atom stereocenters. The Morgan fingerprint density at radius 2 is 0.891 bits per heavy atom. The van der Waals surface area contributed by atoms with Gasteiger partial charge in [-0.1, -0.05) is 196 Å². The monoisotopic (exact) mass is 817 g/mol. The zero-order valence-corrected chi connectivity index (χ0v) is 35.7. The van der Waals surface area contributed by atoms with E-state index in [9.17, 15) is 0 Å². The predicted molar refractivity (Wildman–Crippen MR) is 266 cm³/mol. The Hall–Kier alpha value is -7.94. The lowest BCUT2D eigenvalue weighted by Crippen LogP contribution is -2.28. The summed E-state index contributed by atoms with van der Waals surface area (Å²) >= 11 is 0. The zero-order valence-electron chi connectivity index (χ0n) is 35.7. The van der Waals surface area contributed by atoms with Gasteiger partial charge in [0.05, 0.1) is 16.5 Å². The van der Waals surface area contributed by atoms with Crippen LogP contribution in [0.25, 0.3) is 66.1 Å². The van der Waals surface area contributed by atoms with Crippen molar-refractivity contribution in [2.45, 2.75) is 24.7 Å². The number of anilines is 3. The molecule has 64 heavy (non-hydrogen) atoms. The average molecular weight is 818 g/mol. The van der Waals surface area contributed by atoms with Crippen molar-refractivity contribution in [3.63, 3.8) is 0 Å². The smallest absolute Gasteiger partial charge is 0.137 e. The summed E-state index contributed by atoms with van der Waals surface area (Å²) in [6, 6.07) is 82.7. The first-order valence-corrected chi connectivity index (χ1v) is 22.3. The first-order valence-electron chi connectivity index (χ1n) is 22.3. The van der Waals surface area contributed by atoms with E-state index < -0.39 is 5.41 Å². The number of hydrogen-bond acceptors (Lipinski definition) is 2. The van der Waals surface area contributed by atoms with Gasteiger partial charge in [-0.15, -0.1) is 0 Å². The number of furan rings is 1. The number of nitrogens with zero attached hydrogens (tertiary/aromatic N) is 1. The van der Waals surface area contributed by atoms with Crippen molar-refractivity contribution >= 4 is 49.8 Å². The fourth-order valence-corrected chi connectivity index (χ4v) is 11.5. The van der Waals surface area contributed by atoms with Gasteiger partial charge in [0, 0.05) is 22.2 Å². The van der Waals surface area contributed by atoms with E-state index in [-0.39, 0.29) is 5.41 Å². The molecular formula is C62H43NO. The summed E-state index contributed by atoms with van der Waals surface area (Å²) in [4.78, 5) is 2.50. The standard InChI is InChI=1S/C62H43NO/c1-61(2)52-29-16-14-26-46(52)48-35-33-43(37-54(48)61)63(56-31-18-32-57-60(56)59-50-28-13-12-25-45(50)51(39-58(59)64-57)40-19-6-3-7-20-40)44-34-36-49-47-27-15-17-30-53(47)62(55(49)38-44,41-21-8-4-9-22-41)42-23-10-5-11-24-42/h3-39H,1-2H3. The largest absolute Gasteiger partial charge is 0.456 e. The van der Waals surface area contributed by atoms with Crippen LogP contribution < -0.4 is 4.90 Å². The fourth-order valence-electron chi connectivity index (χ4n) is 11.5. The Balaban J connectivity index is 1.12. The lowest BCUT2D eigenvalue weighted by molar-refractivity contribution is 0.660. The van der Waals surface area contributed by atoms with E-state index in [4.69, 9.17) is 4.42 Å². The summed E-state index contributed by atoms with van der Waals surface area (Å²) in [6.45, 7) is 4.74. The van der Waals surface area contributed by atoms with Crippen molar-refractivity contribution < 1.29 is 4.42 Å². The van der Waals surface area contributed by atoms with Crippen LogP contribution in [0.2, 0.25) is 0 Å². The third-order valence-electron chi connectivity index (χ3n) is 14.3. The van der Waals surface area contributed by atoms with Crippen LogP contribution in [-0.4, -0.2) is 0 Å². The highest BCUT2D eigenvalue weighted by atomic mass is 16.3. The summed E-state index contributed by atoms with van der Waals surface area (Å²) in [6.07, 6.45) is 0. The third kappa shape index (κ3) is 5.08. The number of rotatable bonds is 6. The maximum absolute atomic E-state index is 6.97. The van der Waals surface area contributed by atoms with Crippen LogP contribution in [0, 0.1) is 0 Å². The minimum atomic E-state index is -0.546. The Morgan fingerprint density at radius 1 is 0.359 bits per heavy atom. The van der Waals surface area contributed by atoms with E-state index in [1.807, 2.05) is 0 Å². The minimum Gasteiger partial charge on any atom is -0.456 e. The molecule has 302 valence electrons. The molecule has 13 rings (SSSR count). The molecule has 0 bridgehead atoms. The maximum Gasteiger partial charge on any atom is 0.137 e. The van der Waals surface area contributed by atoms with Gasteiger partial charge in [0.25, 0.3) is 0 Å². The third-order valence-corrected chi connectivity index (χ3v) is 14.3. The summed E-state index contributed by atoms with van der Waals surface area (Å²) in [5.74, 6) is 0. The van der Waals surface area contributed by atoms with Gasteiger partial charge < -0.3 is 9.32 Å². The summed E-state index contributed by atoms with van der Waals surface area (Å²) < 4.78 is 6.97. The van der Waals surface area contributed by atoms with Crippen molar-refractivity contribution in [1.29, 1.82) is 0 Å². The van der Waals surface area contributed by atoms with Gasteiger partial charge in [-0.3, -0.25) is 0 Å². The van der Waals surface area contributed by atoms with Crippen LogP contribution in [0.3, 0.4) is 0 Å². The van der Waals surface area contributed by atoms with Gasteiger partial charge in [-0.25, -0.2) is 0 Å². The SMILES string of the molecule is CC1(C)c2ccccc2-c2ccc(N(c3ccc4c(c3)C(c3ccccc3)(c3ccccc3)c3ccccc3-4)c3cccc4oc5cc(-c6ccccc6)c6ccccc6c5c34)cc21. The van der Waals surface area contributed by atoms with E-state index >= 15 is 0 Å². The summed E-state index contributed by atoms with van der Waals surface area (Å²) in [7, 11) is 0. The van der Waals surface area contributed by atoms with Gasteiger partial charge in [-0.2, -0.15) is 0 Å². The molecule has 11 aromatic rings. The van der Waals surface area contributed by atoms with Gasteiger partial charge in [0.1, 0.15) is 11.2 Å². The normalized spacial score (nSPS) is 14.0. The zero-order chi connectivity index (χ0) is 42.6. The van der Waals surface area contributed by atoms with Gasteiger partial charge in [0.15, 0.2) is 0 Å². The second-order valence-corrected chi connectivity index (χ2v) is 18.0. The Kier molecular flexibility index (Phi) is 7.90. The van der Waals surface area contributed by atoms with E-state index in [2.05, 4.69) is 243 Å². The first-order chi connectivity index (χ1) is 31.5. The molecule has 2 aliphatic rings. The number of fused-ring (bicyclic) bond motifs is 11. The summed E-state index contributed by atoms with van der Waals surface area (Å²) in [5.41, 5.74) is 19.5. The van der Waals surface area contributed by atoms with Crippen LogP contribution >= 0.6 is 0 Å². The minimum absolute atomic E-state index is 0.179. The summed E-state index contributed by atoms with van der Waals surface area (Å²) in [5, 5.41) is 4.59. The molecule has 0 aliphatic heterocycles. The molecule has 1 aromatic heterocycles. The van der Waals surface area contributed by atoms with Crippen LogP contribution in [-0.2, 0) is 10.8 Å². The van der Waals surface area contributed by atoms with Crippen molar-refractivity contribution in [1.82, 2.24) is 0 Å². The molecule has 10 aromatic carbocycles. The van der Waals surface area contributed by atoms with Crippen LogP contribution in [0.15, 0.2) is 229 Å². The van der Waals surface area contributed by atoms with E-state index in [0.717, 1.165) is 44.6 Å². The maximum atomic E-state index is 6.97. The molecule has 1 heterocycles. The topological polar surface area (TPSA) is 16.4 Å². The molecule has 0 saturated heterocycles. The van der Waals surface area contributed by atoms with Crippen LogP contribution in [0.5, 0.6) is 0 Å². The molecule has 0 fully saturated rings. The number of benzene rings is 10. The lowest BCUT2D eigenvalue weighted by Gasteiger charge is -2.35. The predicted octanol–water partition coefficient (Wildman–Crippen LogP) is 16.5. The first kappa shape index (κ1) is 36.7. The second kappa shape index (κ2) is 13.8. The van der Waals surface area contributed by atoms with Crippen LogP contribution in [0.4, 0.5) is 17.1 Å². The van der Waals surface area contributed by atoms with Crippen molar-refractivity contribution in [2.24, 2.45) is 0 Å². The quantitative estimate of drug-likeness (QED) is 0.166. The number of hydrogen-bond donors (Lipinski definition) is 0. The van der Waals surface area contributed by atoms with Gasteiger partial charge in [-0.05, 0) is 120 Å². The van der Waals surface area contributed by atoms with Crippen molar-refractivity contribution in [3.8, 4) is 33.4 Å². The molecule has 0 N–H and O–H groups in total. The van der Waals surface area contributed by atoms with Crippen molar-refractivity contribution in [3.05, 3.63) is 258 Å². The average Bonchev–Trinajstić information content (AvgIpc) is 3.96. The van der Waals surface area contributed by atoms with Crippen LogP contribution in [0.1, 0.15) is 47.2 Å². The molecule has 0 spiro atoms. The molecule has 0 amide bonds. The van der Waals surface area contributed by atoms with E-state index in [0.29, 0.717) is 0 Å². The van der Waals surface area contributed by atoms with E-state index in [1.54, 1.807) is 0 Å². The highest BCUT2D eigenvalue weighted by molar-refractivity contribution is 6.25. The Morgan fingerprint density at radius 3 is 1.58 bits per heavy atom. The lowest BCUT2D eigenvalue weighted by atomic mass is 9.67. The fraction of sp³-hybridized carbons (Fsp3) is 0.0645. The van der Waals surface area contributed by atoms with Crippen molar-refractivity contribution in [2.75, 3.05) is 4.90 Å². The molecular weight excluding hydrogens is 775 g/mol. The van der Waals surface area contributed by atoms with Gasteiger partial charge >= 0.3 is 0 Å². The van der Waals surface area contributed by atoms with E-state index in [1.165, 1.54) is 72.0 Å². The highest BCUT2D eigenvalue weighted by Gasteiger charge is 2.46. The Labute approximate surface area is 373 Å². The molecule has 0 saturated carbocycles. The highest BCUT2D eigenvalue weighted by Crippen LogP contribution is 2.58. The molecule has 0 radical (unpaired) electrons. The molecule has 2 aliphatic carbocycles. The molecule has 2 heteroatoms. The Bertz CT molecular complexity index is 3600.